The second kappa shape index (κ2) is 8.65. The third-order valence-electron chi connectivity index (χ3n) is 4.89. The molecule has 0 saturated heterocycles. The summed E-state index contributed by atoms with van der Waals surface area (Å²) in [5.41, 5.74) is 4.48. The SMILES string of the molecule is Cc1ccc(C)c(NC(=O)COC(=O)c2cc(C(C)C)nc3c2cnn3C(C)C)c1. The molecule has 0 aliphatic carbocycles. The van der Waals surface area contributed by atoms with Crippen molar-refractivity contribution in [1.82, 2.24) is 14.8 Å². The Kier molecular flexibility index (Phi) is 6.20. The number of fused-ring (bicyclic) bond motifs is 1. The van der Waals surface area contributed by atoms with E-state index in [0.29, 0.717) is 22.3 Å². The Balaban J connectivity index is 1.81. The van der Waals surface area contributed by atoms with Crippen LogP contribution < -0.4 is 5.32 Å². The van der Waals surface area contributed by atoms with Gasteiger partial charge in [-0.05, 0) is 56.9 Å². The first-order valence-corrected chi connectivity index (χ1v) is 10.1. The van der Waals surface area contributed by atoms with E-state index in [0.717, 1.165) is 16.8 Å². The average molecular weight is 409 g/mol. The van der Waals surface area contributed by atoms with E-state index in [9.17, 15) is 9.59 Å². The molecule has 0 bridgehead atoms. The van der Waals surface area contributed by atoms with E-state index in [1.165, 1.54) is 0 Å². The fourth-order valence-electron chi connectivity index (χ4n) is 3.15. The molecule has 3 aromatic rings. The number of esters is 1. The third kappa shape index (κ3) is 4.50. The van der Waals surface area contributed by atoms with Crippen LogP contribution in [0.25, 0.3) is 11.0 Å². The first-order valence-electron chi connectivity index (χ1n) is 10.1. The molecule has 0 atom stereocenters. The largest absolute Gasteiger partial charge is 0.452 e. The molecule has 1 aromatic carbocycles. The lowest BCUT2D eigenvalue weighted by atomic mass is 10.1. The summed E-state index contributed by atoms with van der Waals surface area (Å²) in [6, 6.07) is 7.62. The maximum absolute atomic E-state index is 12.8. The molecule has 1 N–H and O–H groups in total. The van der Waals surface area contributed by atoms with Crippen LogP contribution >= 0.6 is 0 Å². The highest BCUT2D eigenvalue weighted by Crippen LogP contribution is 2.25. The summed E-state index contributed by atoms with van der Waals surface area (Å²) in [5.74, 6) is -0.822. The summed E-state index contributed by atoms with van der Waals surface area (Å²) in [6.45, 7) is 11.5. The van der Waals surface area contributed by atoms with Crippen LogP contribution in [0.4, 0.5) is 5.69 Å². The van der Waals surface area contributed by atoms with Crippen molar-refractivity contribution in [1.29, 1.82) is 0 Å². The van der Waals surface area contributed by atoms with E-state index in [1.807, 2.05) is 59.7 Å². The number of hydrogen-bond acceptors (Lipinski definition) is 5. The predicted molar refractivity (Wildman–Crippen MR) is 117 cm³/mol. The Morgan fingerprint density at radius 2 is 1.87 bits per heavy atom. The Morgan fingerprint density at radius 3 is 2.53 bits per heavy atom. The van der Waals surface area contributed by atoms with Crippen molar-refractivity contribution in [3.05, 3.63) is 52.8 Å². The van der Waals surface area contributed by atoms with Crippen molar-refractivity contribution in [2.24, 2.45) is 0 Å². The van der Waals surface area contributed by atoms with Crippen molar-refractivity contribution < 1.29 is 14.3 Å². The summed E-state index contributed by atoms with van der Waals surface area (Å²) < 4.78 is 7.11. The highest BCUT2D eigenvalue weighted by Gasteiger charge is 2.20. The van der Waals surface area contributed by atoms with Crippen LogP contribution in [-0.4, -0.2) is 33.2 Å². The van der Waals surface area contributed by atoms with Gasteiger partial charge in [0.1, 0.15) is 0 Å². The van der Waals surface area contributed by atoms with Gasteiger partial charge >= 0.3 is 5.97 Å². The Morgan fingerprint density at radius 1 is 1.13 bits per heavy atom. The molecule has 3 rings (SSSR count). The zero-order valence-electron chi connectivity index (χ0n) is 18.3. The average Bonchev–Trinajstić information content (AvgIpc) is 3.12. The van der Waals surface area contributed by atoms with Crippen molar-refractivity contribution >= 4 is 28.6 Å². The fourth-order valence-corrected chi connectivity index (χ4v) is 3.15. The zero-order valence-corrected chi connectivity index (χ0v) is 18.3. The Labute approximate surface area is 176 Å². The summed E-state index contributed by atoms with van der Waals surface area (Å²) >= 11 is 0. The van der Waals surface area contributed by atoms with E-state index in [1.54, 1.807) is 16.9 Å². The number of pyridine rings is 1. The Bertz CT molecular complexity index is 1100. The molecule has 2 aromatic heterocycles. The van der Waals surface area contributed by atoms with Gasteiger partial charge in [0.05, 0.1) is 17.1 Å². The van der Waals surface area contributed by atoms with Gasteiger partial charge < -0.3 is 10.1 Å². The first kappa shape index (κ1) is 21.5. The molecule has 0 aliphatic rings. The summed E-state index contributed by atoms with van der Waals surface area (Å²) in [7, 11) is 0. The number of amides is 1. The lowest BCUT2D eigenvalue weighted by Crippen LogP contribution is -2.21. The van der Waals surface area contributed by atoms with E-state index in [-0.39, 0.29) is 24.5 Å². The molecule has 0 unspecified atom stereocenters. The highest BCUT2D eigenvalue weighted by atomic mass is 16.5. The van der Waals surface area contributed by atoms with Crippen LogP contribution in [0.2, 0.25) is 0 Å². The fraction of sp³-hybridized carbons (Fsp3) is 0.391. The maximum atomic E-state index is 12.8. The topological polar surface area (TPSA) is 86.1 Å². The van der Waals surface area contributed by atoms with Gasteiger partial charge in [0.15, 0.2) is 12.3 Å². The lowest BCUT2D eigenvalue weighted by molar-refractivity contribution is -0.119. The molecule has 30 heavy (non-hydrogen) atoms. The minimum atomic E-state index is -0.566. The van der Waals surface area contributed by atoms with Crippen LogP contribution in [0.3, 0.4) is 0 Å². The number of ether oxygens (including phenoxy) is 1. The molecule has 0 spiro atoms. The quantitative estimate of drug-likeness (QED) is 0.605. The number of nitrogens with one attached hydrogen (secondary N) is 1. The molecule has 7 nitrogen and oxygen atoms in total. The second-order valence-corrected chi connectivity index (χ2v) is 8.11. The number of carbonyl (C=O) groups is 2. The van der Waals surface area contributed by atoms with Crippen molar-refractivity contribution in [2.75, 3.05) is 11.9 Å². The molecular weight excluding hydrogens is 380 g/mol. The summed E-state index contributed by atoms with van der Waals surface area (Å²) in [4.78, 5) is 29.8. The van der Waals surface area contributed by atoms with Crippen molar-refractivity contribution in [3.63, 3.8) is 0 Å². The number of nitrogens with zero attached hydrogens (tertiary/aromatic N) is 3. The molecule has 1 amide bonds. The van der Waals surface area contributed by atoms with Gasteiger partial charge in [-0.25, -0.2) is 14.5 Å². The summed E-state index contributed by atoms with van der Waals surface area (Å²) in [6.07, 6.45) is 1.62. The van der Waals surface area contributed by atoms with Crippen LogP contribution in [0.1, 0.15) is 66.8 Å². The van der Waals surface area contributed by atoms with Gasteiger partial charge in [-0.3, -0.25) is 4.79 Å². The molecule has 7 heteroatoms. The highest BCUT2D eigenvalue weighted by molar-refractivity contribution is 6.04. The van der Waals surface area contributed by atoms with Gasteiger partial charge in [-0.15, -0.1) is 0 Å². The molecule has 0 fully saturated rings. The standard InChI is InChI=1S/C23H28N4O3/c1-13(2)19-10-17(18-11-24-27(14(3)4)22(18)26-19)23(29)30-12-21(28)25-20-9-15(5)7-8-16(20)6/h7-11,13-14H,12H2,1-6H3,(H,25,28). The van der Waals surface area contributed by atoms with E-state index in [4.69, 9.17) is 4.74 Å². The molecule has 0 aliphatic heterocycles. The predicted octanol–water partition coefficient (Wildman–Crippen LogP) is 4.55. The van der Waals surface area contributed by atoms with Gasteiger partial charge in [0.2, 0.25) is 0 Å². The van der Waals surface area contributed by atoms with Crippen LogP contribution in [0.15, 0.2) is 30.5 Å². The first-order chi connectivity index (χ1) is 14.2. The number of anilines is 1. The molecule has 0 saturated carbocycles. The van der Waals surface area contributed by atoms with Gasteiger partial charge in [-0.1, -0.05) is 26.0 Å². The number of carbonyl (C=O) groups excluding carboxylic acids is 2. The number of hydrogen-bond donors (Lipinski definition) is 1. The number of rotatable bonds is 6. The molecule has 0 radical (unpaired) electrons. The van der Waals surface area contributed by atoms with Crippen molar-refractivity contribution in [2.45, 2.75) is 53.5 Å². The minimum absolute atomic E-state index is 0.102. The van der Waals surface area contributed by atoms with Crippen LogP contribution in [-0.2, 0) is 9.53 Å². The summed E-state index contributed by atoms with van der Waals surface area (Å²) in [5, 5.41) is 7.79. The normalized spacial score (nSPS) is 11.3. The number of aryl methyl sites for hydroxylation is 2. The van der Waals surface area contributed by atoms with Crippen LogP contribution in [0.5, 0.6) is 0 Å². The molecular formula is C23H28N4O3. The van der Waals surface area contributed by atoms with Gasteiger partial charge in [-0.2, -0.15) is 5.10 Å². The van der Waals surface area contributed by atoms with Gasteiger partial charge in [0.25, 0.3) is 5.91 Å². The number of aromatic nitrogens is 3. The monoisotopic (exact) mass is 408 g/mol. The van der Waals surface area contributed by atoms with E-state index >= 15 is 0 Å². The van der Waals surface area contributed by atoms with Gasteiger partial charge in [0, 0.05) is 17.4 Å². The molecule has 158 valence electrons. The molecule has 2 heterocycles. The maximum Gasteiger partial charge on any atom is 0.339 e. The number of benzene rings is 1. The second-order valence-electron chi connectivity index (χ2n) is 8.11. The lowest BCUT2D eigenvalue weighted by Gasteiger charge is -2.12. The van der Waals surface area contributed by atoms with Crippen LogP contribution in [0, 0.1) is 13.8 Å². The Hall–Kier alpha value is -3.22. The van der Waals surface area contributed by atoms with E-state index < -0.39 is 5.97 Å². The zero-order chi connectivity index (χ0) is 22.0. The van der Waals surface area contributed by atoms with Crippen molar-refractivity contribution in [3.8, 4) is 0 Å². The smallest absolute Gasteiger partial charge is 0.339 e. The third-order valence-corrected chi connectivity index (χ3v) is 4.89. The van der Waals surface area contributed by atoms with E-state index in [2.05, 4.69) is 15.4 Å². The minimum Gasteiger partial charge on any atom is -0.452 e.